The number of allylic oxidation sites excluding steroid dienone is 2. The lowest BCUT2D eigenvalue weighted by Crippen LogP contribution is -2.27. The third-order valence-corrected chi connectivity index (χ3v) is 2.98. The number of halogens is 1. The van der Waals surface area contributed by atoms with E-state index in [4.69, 9.17) is 5.73 Å². The number of rotatable bonds is 6. The molecule has 0 saturated heterocycles. The summed E-state index contributed by atoms with van der Waals surface area (Å²) in [6, 6.07) is 0. The Kier molecular flexibility index (Phi) is 5.73. The zero-order valence-electron chi connectivity index (χ0n) is 10.7. The third-order valence-electron chi connectivity index (χ3n) is 2.98. The molecule has 3 nitrogen and oxygen atoms in total. The van der Waals surface area contributed by atoms with Crippen LogP contribution >= 0.6 is 0 Å². The molecule has 4 heteroatoms. The first-order valence-electron chi connectivity index (χ1n) is 6.22. The van der Waals surface area contributed by atoms with Crippen molar-refractivity contribution in [2.45, 2.75) is 33.1 Å². The SMILES string of the molecule is CCCCC(C)/C(N)=C1\C=NC=CN1CCF. The van der Waals surface area contributed by atoms with Crippen molar-refractivity contribution in [1.82, 2.24) is 4.90 Å². The first kappa shape index (κ1) is 13.7. The minimum Gasteiger partial charge on any atom is -0.400 e. The smallest absolute Gasteiger partial charge is 0.107 e. The second-order valence-electron chi connectivity index (χ2n) is 4.34. The normalized spacial score (nSPS) is 19.6. The summed E-state index contributed by atoms with van der Waals surface area (Å²) in [5, 5.41) is 0. The van der Waals surface area contributed by atoms with Crippen molar-refractivity contribution in [3.8, 4) is 0 Å². The molecule has 0 spiro atoms. The predicted molar refractivity (Wildman–Crippen MR) is 70.2 cm³/mol. The van der Waals surface area contributed by atoms with Gasteiger partial charge in [0.15, 0.2) is 0 Å². The first-order chi connectivity index (χ1) is 8.20. The Hall–Kier alpha value is -1.32. The van der Waals surface area contributed by atoms with E-state index in [0.717, 1.165) is 30.7 Å². The Morgan fingerprint density at radius 1 is 1.59 bits per heavy atom. The maximum Gasteiger partial charge on any atom is 0.107 e. The van der Waals surface area contributed by atoms with Gasteiger partial charge in [0, 0.05) is 18.1 Å². The minimum atomic E-state index is -0.391. The standard InChI is InChI=1S/C13H22FN3/c1-3-4-5-11(2)13(15)12-10-16-7-9-17(12)8-6-14/h7,9-11H,3-6,8,15H2,1-2H3/b13-12-. The van der Waals surface area contributed by atoms with Crippen LogP contribution in [0.4, 0.5) is 4.39 Å². The van der Waals surface area contributed by atoms with Gasteiger partial charge in [0.1, 0.15) is 6.67 Å². The summed E-state index contributed by atoms with van der Waals surface area (Å²) in [7, 11) is 0. The number of aliphatic imine (C=N–C) groups is 1. The van der Waals surface area contributed by atoms with E-state index in [2.05, 4.69) is 18.8 Å². The Labute approximate surface area is 103 Å². The molecular weight excluding hydrogens is 217 g/mol. The van der Waals surface area contributed by atoms with Crippen molar-refractivity contribution in [1.29, 1.82) is 0 Å². The number of nitrogens with zero attached hydrogens (tertiary/aromatic N) is 2. The van der Waals surface area contributed by atoms with Crippen LogP contribution in [0.1, 0.15) is 33.1 Å². The van der Waals surface area contributed by atoms with Crippen LogP contribution in [0.25, 0.3) is 0 Å². The molecule has 0 aromatic heterocycles. The second kappa shape index (κ2) is 7.09. The molecule has 1 aliphatic heterocycles. The molecule has 0 fully saturated rings. The Balaban J connectivity index is 2.77. The molecule has 96 valence electrons. The number of alkyl halides is 1. The van der Waals surface area contributed by atoms with Crippen LogP contribution in [-0.2, 0) is 0 Å². The van der Waals surface area contributed by atoms with Gasteiger partial charge in [-0.25, -0.2) is 4.39 Å². The molecule has 0 aliphatic carbocycles. The molecule has 1 atom stereocenters. The maximum absolute atomic E-state index is 12.4. The Morgan fingerprint density at radius 3 is 3.00 bits per heavy atom. The van der Waals surface area contributed by atoms with Crippen LogP contribution in [0.2, 0.25) is 0 Å². The van der Waals surface area contributed by atoms with E-state index in [9.17, 15) is 4.39 Å². The highest BCUT2D eigenvalue weighted by Crippen LogP contribution is 2.20. The molecule has 0 aromatic rings. The summed E-state index contributed by atoms with van der Waals surface area (Å²) >= 11 is 0. The molecule has 0 bridgehead atoms. The van der Waals surface area contributed by atoms with Crippen molar-refractivity contribution >= 4 is 6.21 Å². The van der Waals surface area contributed by atoms with Gasteiger partial charge in [0.25, 0.3) is 0 Å². The highest BCUT2D eigenvalue weighted by Gasteiger charge is 2.15. The molecule has 1 rings (SSSR count). The van der Waals surface area contributed by atoms with Gasteiger partial charge in [-0.2, -0.15) is 0 Å². The summed E-state index contributed by atoms with van der Waals surface area (Å²) in [5.41, 5.74) is 7.79. The summed E-state index contributed by atoms with van der Waals surface area (Å²) in [4.78, 5) is 5.89. The number of unbranched alkanes of at least 4 members (excludes halogenated alkanes) is 1. The minimum absolute atomic E-state index is 0.310. The average Bonchev–Trinajstić information content (AvgIpc) is 2.36. The Bertz CT molecular complexity index is 321. The summed E-state index contributed by atoms with van der Waals surface area (Å²) in [5.74, 6) is 0.310. The highest BCUT2D eigenvalue weighted by molar-refractivity contribution is 5.80. The largest absolute Gasteiger partial charge is 0.400 e. The van der Waals surface area contributed by atoms with Crippen LogP contribution in [-0.4, -0.2) is 24.3 Å². The Morgan fingerprint density at radius 2 is 2.35 bits per heavy atom. The second-order valence-corrected chi connectivity index (χ2v) is 4.34. The van der Waals surface area contributed by atoms with E-state index in [0.29, 0.717) is 12.5 Å². The van der Waals surface area contributed by atoms with Gasteiger partial charge in [-0.15, -0.1) is 0 Å². The lowest BCUT2D eigenvalue weighted by atomic mass is 9.99. The van der Waals surface area contributed by atoms with Gasteiger partial charge in [0.05, 0.1) is 18.5 Å². The van der Waals surface area contributed by atoms with Crippen molar-refractivity contribution in [3.05, 3.63) is 23.8 Å². The zero-order valence-corrected chi connectivity index (χ0v) is 10.7. The van der Waals surface area contributed by atoms with E-state index in [1.54, 1.807) is 18.6 Å². The molecule has 0 aromatic carbocycles. The topological polar surface area (TPSA) is 41.6 Å². The summed E-state index contributed by atoms with van der Waals surface area (Å²) < 4.78 is 12.4. The van der Waals surface area contributed by atoms with Gasteiger partial charge in [-0.1, -0.05) is 26.7 Å². The highest BCUT2D eigenvalue weighted by atomic mass is 19.1. The fourth-order valence-electron chi connectivity index (χ4n) is 1.83. The number of nitrogens with two attached hydrogens (primary N) is 1. The van der Waals surface area contributed by atoms with E-state index in [-0.39, 0.29) is 0 Å². The molecule has 0 amide bonds. The van der Waals surface area contributed by atoms with Crippen molar-refractivity contribution in [3.63, 3.8) is 0 Å². The summed E-state index contributed by atoms with van der Waals surface area (Å²) in [6.45, 7) is 4.21. The average molecular weight is 239 g/mol. The van der Waals surface area contributed by atoms with Crippen LogP contribution in [0, 0.1) is 5.92 Å². The van der Waals surface area contributed by atoms with E-state index in [1.165, 1.54) is 0 Å². The van der Waals surface area contributed by atoms with Crippen molar-refractivity contribution < 1.29 is 4.39 Å². The van der Waals surface area contributed by atoms with E-state index >= 15 is 0 Å². The van der Waals surface area contributed by atoms with Crippen molar-refractivity contribution in [2.75, 3.05) is 13.2 Å². The lowest BCUT2D eigenvalue weighted by Gasteiger charge is -2.25. The first-order valence-corrected chi connectivity index (χ1v) is 6.22. The predicted octanol–water partition coefficient (Wildman–Crippen LogP) is 2.81. The fraction of sp³-hybridized carbons (Fsp3) is 0.615. The van der Waals surface area contributed by atoms with Gasteiger partial charge >= 0.3 is 0 Å². The van der Waals surface area contributed by atoms with Crippen LogP contribution in [0.15, 0.2) is 28.8 Å². The molecule has 17 heavy (non-hydrogen) atoms. The molecule has 1 heterocycles. The number of hydrogen-bond acceptors (Lipinski definition) is 3. The van der Waals surface area contributed by atoms with E-state index < -0.39 is 6.67 Å². The molecule has 2 N–H and O–H groups in total. The lowest BCUT2D eigenvalue weighted by molar-refractivity contribution is 0.379. The van der Waals surface area contributed by atoms with Crippen LogP contribution < -0.4 is 5.73 Å². The third kappa shape index (κ3) is 3.88. The molecule has 1 aliphatic rings. The van der Waals surface area contributed by atoms with Gasteiger partial charge < -0.3 is 10.6 Å². The van der Waals surface area contributed by atoms with Crippen LogP contribution in [0.3, 0.4) is 0 Å². The molecule has 0 radical (unpaired) electrons. The molecule has 0 saturated carbocycles. The van der Waals surface area contributed by atoms with Gasteiger partial charge in [-0.3, -0.25) is 4.99 Å². The molecular formula is C13H22FN3. The van der Waals surface area contributed by atoms with E-state index in [1.807, 2.05) is 4.90 Å². The summed E-state index contributed by atoms with van der Waals surface area (Å²) in [6.07, 6.45) is 8.53. The quantitative estimate of drug-likeness (QED) is 0.774. The van der Waals surface area contributed by atoms with Gasteiger partial charge in [-0.05, 0) is 12.3 Å². The number of hydrogen-bond donors (Lipinski definition) is 1. The zero-order chi connectivity index (χ0) is 12.7. The maximum atomic E-state index is 12.4. The monoisotopic (exact) mass is 239 g/mol. The molecule has 1 unspecified atom stereocenters. The van der Waals surface area contributed by atoms with Gasteiger partial charge in [0.2, 0.25) is 0 Å². The fourth-order valence-corrected chi connectivity index (χ4v) is 1.83. The van der Waals surface area contributed by atoms with Crippen molar-refractivity contribution in [2.24, 2.45) is 16.6 Å². The van der Waals surface area contributed by atoms with Crippen LogP contribution in [0.5, 0.6) is 0 Å².